The van der Waals surface area contributed by atoms with Crippen molar-refractivity contribution in [2.45, 2.75) is 25.5 Å². The van der Waals surface area contributed by atoms with Crippen molar-refractivity contribution in [3.63, 3.8) is 0 Å². The van der Waals surface area contributed by atoms with Crippen LogP contribution in [-0.4, -0.2) is 18.7 Å². The third-order valence-corrected chi connectivity index (χ3v) is 3.54. The minimum absolute atomic E-state index is 0.147. The van der Waals surface area contributed by atoms with E-state index in [-0.39, 0.29) is 6.10 Å². The Balaban J connectivity index is 2.08. The van der Waals surface area contributed by atoms with Crippen LogP contribution in [0.2, 0.25) is 0 Å². The lowest BCUT2D eigenvalue weighted by molar-refractivity contribution is 0.170. The molecule has 0 radical (unpaired) electrons. The molecule has 0 amide bonds. The van der Waals surface area contributed by atoms with Crippen molar-refractivity contribution in [1.29, 1.82) is 0 Å². The van der Waals surface area contributed by atoms with Crippen LogP contribution in [0.15, 0.2) is 36.4 Å². The van der Waals surface area contributed by atoms with Crippen LogP contribution < -0.4 is 15.8 Å². The lowest BCUT2D eigenvalue weighted by atomic mass is 10.0. The first-order valence-electron chi connectivity index (χ1n) is 6.44. The van der Waals surface area contributed by atoms with Crippen LogP contribution >= 0.6 is 0 Å². The molecular weight excluding hydrogens is 224 g/mol. The largest absolute Gasteiger partial charge is 0.485 e. The fraction of sp³-hybridized carbons (Fsp3) is 0.333. The monoisotopic (exact) mass is 242 g/mol. The Kier molecular flexibility index (Phi) is 2.84. The minimum atomic E-state index is 0.147. The molecule has 2 aromatic rings. The van der Waals surface area contributed by atoms with Crippen molar-refractivity contribution in [3.05, 3.63) is 36.4 Å². The molecule has 1 aliphatic rings. The van der Waals surface area contributed by atoms with E-state index >= 15 is 0 Å². The molecular formula is C15H18N2O. The molecule has 0 fully saturated rings. The summed E-state index contributed by atoms with van der Waals surface area (Å²) in [5.41, 5.74) is 6.72. The summed E-state index contributed by atoms with van der Waals surface area (Å²) < 4.78 is 6.16. The van der Waals surface area contributed by atoms with E-state index in [2.05, 4.69) is 36.5 Å². The van der Waals surface area contributed by atoms with Gasteiger partial charge in [-0.05, 0) is 31.3 Å². The molecule has 94 valence electrons. The maximum absolute atomic E-state index is 6.16. The van der Waals surface area contributed by atoms with Crippen LogP contribution in [0, 0.1) is 0 Å². The SMILES string of the molecule is CC1Nc2ccc3ccccc3c2OC1CCN. The van der Waals surface area contributed by atoms with Crippen molar-refractivity contribution in [3.8, 4) is 5.75 Å². The molecule has 0 aromatic heterocycles. The van der Waals surface area contributed by atoms with Gasteiger partial charge in [-0.25, -0.2) is 0 Å². The maximum Gasteiger partial charge on any atom is 0.150 e. The number of nitrogens with one attached hydrogen (secondary N) is 1. The number of fused-ring (bicyclic) bond motifs is 3. The average molecular weight is 242 g/mol. The van der Waals surface area contributed by atoms with Gasteiger partial charge in [-0.2, -0.15) is 0 Å². The van der Waals surface area contributed by atoms with E-state index in [4.69, 9.17) is 10.5 Å². The van der Waals surface area contributed by atoms with Gasteiger partial charge in [0.1, 0.15) is 6.10 Å². The Morgan fingerprint density at radius 1 is 1.22 bits per heavy atom. The maximum atomic E-state index is 6.16. The van der Waals surface area contributed by atoms with Crippen molar-refractivity contribution in [2.75, 3.05) is 11.9 Å². The number of nitrogens with two attached hydrogens (primary N) is 1. The Labute approximate surface area is 107 Å². The zero-order valence-electron chi connectivity index (χ0n) is 10.5. The van der Waals surface area contributed by atoms with E-state index in [1.54, 1.807) is 0 Å². The van der Waals surface area contributed by atoms with Gasteiger partial charge in [-0.1, -0.05) is 30.3 Å². The highest BCUT2D eigenvalue weighted by molar-refractivity contribution is 5.93. The van der Waals surface area contributed by atoms with Gasteiger partial charge in [0, 0.05) is 5.39 Å². The molecule has 3 heteroatoms. The second-order valence-electron chi connectivity index (χ2n) is 4.83. The minimum Gasteiger partial charge on any atom is -0.485 e. The van der Waals surface area contributed by atoms with Crippen molar-refractivity contribution in [2.24, 2.45) is 5.73 Å². The van der Waals surface area contributed by atoms with Crippen LogP contribution in [0.5, 0.6) is 5.75 Å². The molecule has 18 heavy (non-hydrogen) atoms. The van der Waals surface area contributed by atoms with E-state index in [0.717, 1.165) is 23.2 Å². The highest BCUT2D eigenvalue weighted by Gasteiger charge is 2.26. The highest BCUT2D eigenvalue weighted by Crippen LogP contribution is 2.38. The standard InChI is InChI=1S/C15H18N2O/c1-10-14(8-9-16)18-15-12-5-3-2-4-11(12)6-7-13(15)17-10/h2-7,10,14,17H,8-9,16H2,1H3. The number of benzene rings is 2. The molecule has 3 nitrogen and oxygen atoms in total. The second-order valence-corrected chi connectivity index (χ2v) is 4.83. The Hall–Kier alpha value is -1.74. The zero-order chi connectivity index (χ0) is 12.5. The number of ether oxygens (including phenoxy) is 1. The molecule has 0 saturated carbocycles. The van der Waals surface area contributed by atoms with Crippen molar-refractivity contribution >= 4 is 16.5 Å². The Morgan fingerprint density at radius 2 is 2.06 bits per heavy atom. The molecule has 0 bridgehead atoms. The van der Waals surface area contributed by atoms with Gasteiger partial charge in [0.05, 0.1) is 11.7 Å². The normalized spacial score (nSPS) is 22.1. The summed E-state index contributed by atoms with van der Waals surface area (Å²) in [6, 6.07) is 12.8. The van der Waals surface area contributed by atoms with Crippen LogP contribution in [-0.2, 0) is 0 Å². The van der Waals surface area contributed by atoms with Gasteiger partial charge in [0.25, 0.3) is 0 Å². The van der Waals surface area contributed by atoms with Crippen LogP contribution in [0.3, 0.4) is 0 Å². The predicted octanol–water partition coefficient (Wildman–Crippen LogP) is 2.75. The molecule has 0 spiro atoms. The van der Waals surface area contributed by atoms with Gasteiger partial charge in [0.2, 0.25) is 0 Å². The number of hydrogen-bond acceptors (Lipinski definition) is 3. The van der Waals surface area contributed by atoms with E-state index in [1.165, 1.54) is 5.39 Å². The molecule has 0 aliphatic carbocycles. The summed E-state index contributed by atoms with van der Waals surface area (Å²) in [5.74, 6) is 0.963. The molecule has 2 unspecified atom stereocenters. The van der Waals surface area contributed by atoms with E-state index in [1.807, 2.05) is 12.1 Å². The Morgan fingerprint density at radius 3 is 2.89 bits per heavy atom. The van der Waals surface area contributed by atoms with Gasteiger partial charge < -0.3 is 15.8 Å². The van der Waals surface area contributed by atoms with Crippen molar-refractivity contribution in [1.82, 2.24) is 0 Å². The van der Waals surface area contributed by atoms with Crippen LogP contribution in [0.25, 0.3) is 10.8 Å². The molecule has 2 atom stereocenters. The first kappa shape index (κ1) is 11.4. The van der Waals surface area contributed by atoms with Gasteiger partial charge in [-0.3, -0.25) is 0 Å². The summed E-state index contributed by atoms with van der Waals surface area (Å²) >= 11 is 0. The molecule has 1 aliphatic heterocycles. The van der Waals surface area contributed by atoms with Crippen LogP contribution in [0.4, 0.5) is 5.69 Å². The third kappa shape index (κ3) is 1.81. The zero-order valence-corrected chi connectivity index (χ0v) is 10.5. The first-order valence-corrected chi connectivity index (χ1v) is 6.44. The van der Waals surface area contributed by atoms with E-state index in [0.29, 0.717) is 12.6 Å². The van der Waals surface area contributed by atoms with Gasteiger partial charge >= 0.3 is 0 Å². The smallest absolute Gasteiger partial charge is 0.150 e. The molecule has 0 saturated heterocycles. The Bertz CT molecular complexity index is 567. The van der Waals surface area contributed by atoms with E-state index in [9.17, 15) is 0 Å². The summed E-state index contributed by atoms with van der Waals surface area (Å²) in [6.07, 6.45) is 1.02. The number of rotatable bonds is 2. The van der Waals surface area contributed by atoms with Crippen LogP contribution in [0.1, 0.15) is 13.3 Å². The topological polar surface area (TPSA) is 47.3 Å². The molecule has 3 N–H and O–H groups in total. The fourth-order valence-corrected chi connectivity index (χ4v) is 2.55. The summed E-state index contributed by atoms with van der Waals surface area (Å²) in [7, 11) is 0. The summed E-state index contributed by atoms with van der Waals surface area (Å²) in [6.45, 7) is 2.79. The van der Waals surface area contributed by atoms with Crippen molar-refractivity contribution < 1.29 is 4.74 Å². The quantitative estimate of drug-likeness (QED) is 0.851. The first-order chi connectivity index (χ1) is 8.79. The fourth-order valence-electron chi connectivity index (χ4n) is 2.55. The van der Waals surface area contributed by atoms with Gasteiger partial charge in [0.15, 0.2) is 5.75 Å². The lowest BCUT2D eigenvalue weighted by Gasteiger charge is -2.33. The second kappa shape index (κ2) is 4.50. The number of anilines is 1. The number of hydrogen-bond donors (Lipinski definition) is 2. The summed E-state index contributed by atoms with van der Waals surface area (Å²) in [4.78, 5) is 0. The molecule has 1 heterocycles. The average Bonchev–Trinajstić information content (AvgIpc) is 2.40. The van der Waals surface area contributed by atoms with Gasteiger partial charge in [-0.15, -0.1) is 0 Å². The molecule has 2 aromatic carbocycles. The predicted molar refractivity (Wildman–Crippen MR) is 75.1 cm³/mol. The third-order valence-electron chi connectivity index (χ3n) is 3.54. The van der Waals surface area contributed by atoms with E-state index < -0.39 is 0 Å². The molecule has 3 rings (SSSR count). The lowest BCUT2D eigenvalue weighted by Crippen LogP contribution is -2.40. The highest BCUT2D eigenvalue weighted by atomic mass is 16.5. The summed E-state index contributed by atoms with van der Waals surface area (Å²) in [5, 5.41) is 5.88.